The van der Waals surface area contributed by atoms with Crippen LogP contribution in [0.15, 0.2) is 30.3 Å². The largest absolute Gasteiger partial charge is 0.490 e. The van der Waals surface area contributed by atoms with Gasteiger partial charge in [0.2, 0.25) is 0 Å². The van der Waals surface area contributed by atoms with Gasteiger partial charge in [-0.2, -0.15) is 13.2 Å². The fourth-order valence-corrected chi connectivity index (χ4v) is 3.74. The lowest BCUT2D eigenvalue weighted by molar-refractivity contribution is -0.137. The molecule has 0 unspecified atom stereocenters. The Labute approximate surface area is 202 Å². The number of aromatic nitrogens is 2. The molecule has 1 aliphatic rings. The maximum atomic E-state index is 13.4. The molecule has 0 radical (unpaired) electrons. The lowest BCUT2D eigenvalue weighted by atomic mass is 9.91. The third-order valence-corrected chi connectivity index (χ3v) is 5.72. The number of nitrogens with zero attached hydrogens (tertiary/aromatic N) is 2. The molecular weight excluding hydrogens is 457 g/mol. The Morgan fingerprint density at radius 2 is 1.80 bits per heavy atom. The van der Waals surface area contributed by atoms with Crippen molar-refractivity contribution in [2.45, 2.75) is 51.4 Å². The summed E-state index contributed by atoms with van der Waals surface area (Å²) in [6.45, 7) is 6.03. The number of ether oxygens (including phenoxy) is 2. The molecule has 2 aromatic carbocycles. The zero-order valence-electron chi connectivity index (χ0n) is 19.8. The van der Waals surface area contributed by atoms with Gasteiger partial charge >= 0.3 is 6.18 Å². The van der Waals surface area contributed by atoms with Gasteiger partial charge in [0.25, 0.3) is 0 Å². The van der Waals surface area contributed by atoms with Crippen molar-refractivity contribution in [3.05, 3.63) is 52.8 Å². The Balaban J connectivity index is 1.69. The van der Waals surface area contributed by atoms with Gasteiger partial charge in [0, 0.05) is 11.1 Å². The Morgan fingerprint density at radius 3 is 2.46 bits per heavy atom. The van der Waals surface area contributed by atoms with Crippen LogP contribution in [0.2, 0.25) is 0 Å². The number of hydrogen-bond acceptors (Lipinski definition) is 6. The number of hydrogen-bond donors (Lipinski definition) is 2. The van der Waals surface area contributed by atoms with Crippen LogP contribution < -0.4 is 15.8 Å². The van der Waals surface area contributed by atoms with Crippen molar-refractivity contribution >= 4 is 22.4 Å². The molecule has 1 aromatic heterocycles. The number of anilines is 2. The second-order valence-corrected chi connectivity index (χ2v) is 9.14. The highest BCUT2D eigenvalue weighted by Crippen LogP contribution is 2.37. The van der Waals surface area contributed by atoms with Gasteiger partial charge < -0.3 is 20.5 Å². The van der Waals surface area contributed by atoms with Gasteiger partial charge in [-0.3, -0.25) is 0 Å². The van der Waals surface area contributed by atoms with Gasteiger partial charge in [-0.25, -0.2) is 9.97 Å². The average molecular weight is 485 g/mol. The van der Waals surface area contributed by atoms with Crippen molar-refractivity contribution < 1.29 is 22.6 Å². The van der Waals surface area contributed by atoms with E-state index in [0.717, 1.165) is 25.0 Å². The monoisotopic (exact) mass is 484 g/mol. The van der Waals surface area contributed by atoms with Gasteiger partial charge in [0.05, 0.1) is 34.9 Å². The molecular formula is C26H27F3N4O2. The second kappa shape index (κ2) is 9.27. The molecule has 6 nitrogen and oxygen atoms in total. The Morgan fingerprint density at radius 1 is 1.09 bits per heavy atom. The van der Waals surface area contributed by atoms with Crippen LogP contribution in [0.3, 0.4) is 0 Å². The molecule has 9 heteroatoms. The van der Waals surface area contributed by atoms with E-state index in [1.54, 1.807) is 32.9 Å². The van der Waals surface area contributed by atoms with Gasteiger partial charge in [-0.15, -0.1) is 6.42 Å². The zero-order chi connectivity index (χ0) is 25.4. The maximum Gasteiger partial charge on any atom is 0.416 e. The number of fused-ring (bicyclic) bond motifs is 1. The summed E-state index contributed by atoms with van der Waals surface area (Å²) in [6.07, 6.45) is 3.65. The third-order valence-electron chi connectivity index (χ3n) is 5.72. The predicted molar refractivity (Wildman–Crippen MR) is 129 cm³/mol. The molecule has 0 aliphatic heterocycles. The van der Waals surface area contributed by atoms with Crippen molar-refractivity contribution in [3.63, 3.8) is 0 Å². The van der Waals surface area contributed by atoms with Gasteiger partial charge in [0.1, 0.15) is 24.0 Å². The lowest BCUT2D eigenvalue weighted by Gasteiger charge is -2.29. The van der Waals surface area contributed by atoms with E-state index in [2.05, 4.69) is 21.2 Å². The van der Waals surface area contributed by atoms with E-state index in [0.29, 0.717) is 58.7 Å². The minimum absolute atomic E-state index is 0.0243. The van der Waals surface area contributed by atoms with Crippen molar-refractivity contribution in [2.24, 2.45) is 0 Å². The first-order valence-corrected chi connectivity index (χ1v) is 11.3. The maximum absolute atomic E-state index is 13.4. The van der Waals surface area contributed by atoms with Crippen molar-refractivity contribution in [1.29, 1.82) is 0 Å². The molecule has 0 amide bonds. The van der Waals surface area contributed by atoms with Crippen LogP contribution in [0.5, 0.6) is 5.75 Å². The van der Waals surface area contributed by atoms with E-state index < -0.39 is 17.3 Å². The van der Waals surface area contributed by atoms with Crippen LogP contribution in [0.1, 0.15) is 49.2 Å². The van der Waals surface area contributed by atoms with Gasteiger partial charge in [0.15, 0.2) is 0 Å². The smallest absolute Gasteiger partial charge is 0.416 e. The Kier molecular flexibility index (Phi) is 6.52. The van der Waals surface area contributed by atoms with E-state index >= 15 is 0 Å². The van der Waals surface area contributed by atoms with E-state index in [4.69, 9.17) is 21.6 Å². The summed E-state index contributed by atoms with van der Waals surface area (Å²) in [5.41, 5.74) is 5.55. The molecule has 1 heterocycles. The lowest BCUT2D eigenvalue weighted by Crippen LogP contribution is -2.29. The van der Waals surface area contributed by atoms with Crippen LogP contribution in [-0.2, 0) is 16.5 Å². The van der Waals surface area contributed by atoms with E-state index in [1.165, 1.54) is 6.07 Å². The topological polar surface area (TPSA) is 82.3 Å². The van der Waals surface area contributed by atoms with Crippen molar-refractivity contribution in [3.8, 4) is 18.1 Å². The first-order valence-electron chi connectivity index (χ1n) is 11.3. The molecule has 0 saturated heterocycles. The van der Waals surface area contributed by atoms with Crippen molar-refractivity contribution in [1.82, 2.24) is 9.97 Å². The van der Waals surface area contributed by atoms with Crippen molar-refractivity contribution in [2.75, 3.05) is 24.3 Å². The SMILES string of the molecule is C#Cc1cc2nc(C)nc(NC(C)(C)c3cc(N)cc(C(F)(F)F)c3)c2cc1OCCOC1CC1. The first-order chi connectivity index (χ1) is 16.5. The molecule has 0 atom stereocenters. The molecule has 35 heavy (non-hydrogen) atoms. The number of nitrogens with two attached hydrogens (primary N) is 1. The first kappa shape index (κ1) is 24.6. The number of aryl methyl sites for hydroxylation is 1. The summed E-state index contributed by atoms with van der Waals surface area (Å²) in [4.78, 5) is 9.00. The molecule has 1 saturated carbocycles. The number of nitrogen functional groups attached to an aromatic ring is 1. The summed E-state index contributed by atoms with van der Waals surface area (Å²) in [5, 5.41) is 3.90. The second-order valence-electron chi connectivity index (χ2n) is 9.14. The number of halogens is 3. The number of alkyl halides is 3. The fraction of sp³-hybridized carbons (Fsp3) is 0.385. The zero-order valence-corrected chi connectivity index (χ0v) is 19.8. The van der Waals surface area contributed by atoms with Crippen LogP contribution >= 0.6 is 0 Å². The van der Waals surface area contributed by atoms with Gasteiger partial charge in [-0.05, 0) is 69.5 Å². The van der Waals surface area contributed by atoms with Gasteiger partial charge in [-0.1, -0.05) is 5.92 Å². The van der Waals surface area contributed by atoms with E-state index in [1.807, 2.05) is 0 Å². The number of rotatable bonds is 8. The highest BCUT2D eigenvalue weighted by atomic mass is 19.4. The minimum atomic E-state index is -4.51. The summed E-state index contributed by atoms with van der Waals surface area (Å²) in [5.74, 6) is 4.03. The normalized spacial score (nSPS) is 14.1. The summed E-state index contributed by atoms with van der Waals surface area (Å²) < 4.78 is 51.7. The molecule has 1 aliphatic carbocycles. The van der Waals surface area contributed by atoms with Crippen LogP contribution in [0.4, 0.5) is 24.7 Å². The summed E-state index contributed by atoms with van der Waals surface area (Å²) >= 11 is 0. The summed E-state index contributed by atoms with van der Waals surface area (Å²) in [7, 11) is 0. The number of benzene rings is 2. The molecule has 184 valence electrons. The Hall–Kier alpha value is -3.51. The molecule has 3 N–H and O–H groups in total. The van der Waals surface area contributed by atoms with Crippen LogP contribution in [0, 0.1) is 19.3 Å². The number of terminal acetylenes is 1. The highest BCUT2D eigenvalue weighted by Gasteiger charge is 2.33. The molecule has 0 spiro atoms. The summed E-state index contributed by atoms with van der Waals surface area (Å²) in [6, 6.07) is 7.01. The molecule has 1 fully saturated rings. The van der Waals surface area contributed by atoms with E-state index in [9.17, 15) is 13.2 Å². The third kappa shape index (κ3) is 5.77. The fourth-order valence-electron chi connectivity index (χ4n) is 3.74. The quantitative estimate of drug-likeness (QED) is 0.252. The van der Waals surface area contributed by atoms with E-state index in [-0.39, 0.29) is 5.69 Å². The van der Waals surface area contributed by atoms with Crippen LogP contribution in [0.25, 0.3) is 10.9 Å². The predicted octanol–water partition coefficient (Wildman–Crippen LogP) is 5.43. The molecule has 4 rings (SSSR count). The molecule has 0 bridgehead atoms. The standard InChI is InChI=1S/C26H27F3N4O2/c1-5-16-10-22-21(14-23(16)35-9-8-34-20-6-7-20)24(32-15(2)31-22)33-25(3,4)17-11-18(26(27,28)29)13-19(30)12-17/h1,10-14,20H,6-9,30H2,2-4H3,(H,31,32,33). The minimum Gasteiger partial charge on any atom is -0.490 e. The average Bonchev–Trinajstić information content (AvgIpc) is 3.59. The molecule has 3 aromatic rings. The van der Waals surface area contributed by atoms with Crippen LogP contribution in [-0.4, -0.2) is 29.3 Å². The Bertz CT molecular complexity index is 1290. The highest BCUT2D eigenvalue weighted by molar-refractivity contribution is 5.92. The number of nitrogens with one attached hydrogen (secondary N) is 1.